The van der Waals surface area contributed by atoms with Crippen molar-refractivity contribution >= 4 is 0 Å². The molecule has 2 saturated carbocycles. The van der Waals surface area contributed by atoms with Gasteiger partial charge in [0.25, 0.3) is 0 Å². The molecule has 206 valence electrons. The first-order valence-electron chi connectivity index (χ1n) is 15.5. The number of hydrogen-bond acceptors (Lipinski definition) is 0. The van der Waals surface area contributed by atoms with Gasteiger partial charge in [-0.25, -0.2) is 0 Å². The van der Waals surface area contributed by atoms with Gasteiger partial charge in [0.1, 0.15) is 0 Å². The Morgan fingerprint density at radius 3 is 0.829 bits per heavy atom. The lowest BCUT2D eigenvalue weighted by Crippen LogP contribution is -2.03. The van der Waals surface area contributed by atoms with Gasteiger partial charge >= 0.3 is 0 Å². The van der Waals surface area contributed by atoms with Crippen LogP contribution in [0.25, 0.3) is 0 Å². The van der Waals surface area contributed by atoms with Crippen molar-refractivity contribution in [1.29, 1.82) is 0 Å². The third-order valence-electron chi connectivity index (χ3n) is 5.50. The van der Waals surface area contributed by atoms with E-state index < -0.39 is 0 Å². The molecule has 0 amide bonds. The number of rotatable bonds is 2. The molecule has 0 heteroatoms. The molecule has 0 aliphatic heterocycles. The van der Waals surface area contributed by atoms with Crippen molar-refractivity contribution in [2.75, 3.05) is 0 Å². The van der Waals surface area contributed by atoms with Gasteiger partial charge in [-0.3, -0.25) is 0 Å². The van der Waals surface area contributed by atoms with E-state index in [1.807, 2.05) is 83.1 Å². The van der Waals surface area contributed by atoms with Crippen molar-refractivity contribution < 1.29 is 0 Å². The van der Waals surface area contributed by atoms with Gasteiger partial charge in [-0.1, -0.05) is 176 Å². The third-order valence-corrected chi connectivity index (χ3v) is 5.50. The van der Waals surface area contributed by atoms with E-state index in [2.05, 4.69) is 60.7 Å². The highest BCUT2D eigenvalue weighted by Gasteiger charge is 2.16. The first kappa shape index (κ1) is 40.6. The minimum absolute atomic E-state index is 0.861. The molecular weight excluding hydrogens is 420 g/mol. The molecule has 0 bridgehead atoms. The Kier molecular flexibility index (Phi) is 42.9. The molecule has 0 spiro atoms. The van der Waals surface area contributed by atoms with Crippen molar-refractivity contribution in [1.82, 2.24) is 0 Å². The normalized spacial score (nSPS) is 13.6. The maximum atomic E-state index is 2.27. The van der Waals surface area contributed by atoms with Gasteiger partial charge in [0.05, 0.1) is 0 Å². The summed E-state index contributed by atoms with van der Waals surface area (Å²) in [6, 6.07) is 21.9. The highest BCUT2D eigenvalue weighted by molar-refractivity contribution is 5.20. The SMILES string of the molecule is CC.CC.CC.CC.CC.CC.c1ccc(C2CCCC2)cc1.c1ccc(C2CCCCC2)cc1. The van der Waals surface area contributed by atoms with Crippen molar-refractivity contribution in [3.63, 3.8) is 0 Å². The molecule has 0 radical (unpaired) electrons. The summed E-state index contributed by atoms with van der Waals surface area (Å²) in [6.07, 6.45) is 12.8. The van der Waals surface area contributed by atoms with Crippen LogP contribution in [0, 0.1) is 0 Å². The van der Waals surface area contributed by atoms with Gasteiger partial charge in [0, 0.05) is 0 Å². The summed E-state index contributed by atoms with van der Waals surface area (Å²) < 4.78 is 0. The molecule has 2 aliphatic carbocycles. The van der Waals surface area contributed by atoms with E-state index in [1.54, 1.807) is 11.1 Å². The predicted molar refractivity (Wildman–Crippen MR) is 168 cm³/mol. The Bertz CT molecular complexity index is 531. The molecule has 0 aromatic heterocycles. The van der Waals surface area contributed by atoms with Crippen LogP contribution in [0.1, 0.15) is 164 Å². The van der Waals surface area contributed by atoms with Crippen LogP contribution in [0.3, 0.4) is 0 Å². The molecule has 0 saturated heterocycles. The fourth-order valence-electron chi connectivity index (χ4n) is 4.15. The molecule has 0 heterocycles. The Morgan fingerprint density at radius 2 is 0.571 bits per heavy atom. The van der Waals surface area contributed by atoms with Crippen LogP contribution in [0.15, 0.2) is 60.7 Å². The summed E-state index contributed by atoms with van der Waals surface area (Å²) >= 11 is 0. The first-order valence-corrected chi connectivity index (χ1v) is 15.5. The molecule has 4 rings (SSSR count). The second-order valence-electron chi connectivity index (χ2n) is 7.14. The molecule has 0 nitrogen and oxygen atoms in total. The summed E-state index contributed by atoms with van der Waals surface area (Å²) in [6.45, 7) is 24.0. The zero-order valence-electron chi connectivity index (χ0n) is 26.3. The fraction of sp³-hybridized carbons (Fsp3) is 0.657. The van der Waals surface area contributed by atoms with Crippen LogP contribution in [-0.2, 0) is 0 Å². The van der Waals surface area contributed by atoms with Crippen molar-refractivity contribution in [2.45, 2.75) is 153 Å². The molecule has 2 aromatic rings. The highest BCUT2D eigenvalue weighted by Crippen LogP contribution is 2.33. The largest absolute Gasteiger partial charge is 0.0683 e. The third kappa shape index (κ3) is 21.4. The minimum Gasteiger partial charge on any atom is -0.0683 e. The number of benzene rings is 2. The Balaban J connectivity index is -0.000000193. The summed E-state index contributed by atoms with van der Waals surface area (Å²) in [5.74, 6) is 1.73. The van der Waals surface area contributed by atoms with Gasteiger partial charge in [-0.05, 0) is 48.6 Å². The fourth-order valence-corrected chi connectivity index (χ4v) is 4.15. The van der Waals surface area contributed by atoms with E-state index in [-0.39, 0.29) is 0 Å². The zero-order valence-corrected chi connectivity index (χ0v) is 26.3. The molecular formula is C35H66. The van der Waals surface area contributed by atoms with Crippen molar-refractivity contribution in [2.24, 2.45) is 0 Å². The summed E-state index contributed by atoms with van der Waals surface area (Å²) in [7, 11) is 0. The van der Waals surface area contributed by atoms with Gasteiger partial charge in [0.15, 0.2) is 0 Å². The van der Waals surface area contributed by atoms with E-state index >= 15 is 0 Å². The average molecular weight is 487 g/mol. The minimum atomic E-state index is 0.861. The second-order valence-corrected chi connectivity index (χ2v) is 7.14. The van der Waals surface area contributed by atoms with Gasteiger partial charge in [-0.2, -0.15) is 0 Å². The predicted octanol–water partition coefficient (Wildman–Crippen LogP) is 13.2. The molecule has 35 heavy (non-hydrogen) atoms. The molecule has 2 aromatic carbocycles. The zero-order chi connectivity index (χ0) is 27.7. The van der Waals surface area contributed by atoms with E-state index in [0.717, 1.165) is 11.8 Å². The molecule has 0 N–H and O–H groups in total. The van der Waals surface area contributed by atoms with Crippen molar-refractivity contribution in [3.8, 4) is 0 Å². The first-order chi connectivity index (χ1) is 17.4. The lowest BCUT2D eigenvalue weighted by Gasteiger charge is -2.21. The lowest BCUT2D eigenvalue weighted by molar-refractivity contribution is 0.443. The lowest BCUT2D eigenvalue weighted by atomic mass is 9.84. The Labute approximate surface area is 224 Å². The van der Waals surface area contributed by atoms with Crippen LogP contribution in [-0.4, -0.2) is 0 Å². The molecule has 2 aliphatic rings. The standard InChI is InChI=1S/C12H16.C11H14.6C2H6/c1-3-7-11(8-4-1)12-9-5-2-6-10-12;1-2-6-10(7-3-1)11-8-4-5-9-11;6*1-2/h1,3-4,7-8,12H,2,5-6,9-10H2;1-3,6-7,11H,4-5,8-9H2;6*1-2H3. The van der Waals surface area contributed by atoms with Gasteiger partial charge in [-0.15, -0.1) is 0 Å². The van der Waals surface area contributed by atoms with Crippen LogP contribution in [0.5, 0.6) is 0 Å². The van der Waals surface area contributed by atoms with E-state index in [4.69, 9.17) is 0 Å². The maximum absolute atomic E-state index is 2.27. The summed E-state index contributed by atoms with van der Waals surface area (Å²) in [4.78, 5) is 0. The van der Waals surface area contributed by atoms with E-state index in [1.165, 1.54) is 57.8 Å². The smallest absolute Gasteiger partial charge is 0.0162 e. The van der Waals surface area contributed by atoms with Crippen LogP contribution in [0.2, 0.25) is 0 Å². The number of hydrogen-bond donors (Lipinski definition) is 0. The van der Waals surface area contributed by atoms with Crippen LogP contribution in [0.4, 0.5) is 0 Å². The van der Waals surface area contributed by atoms with E-state index in [0.29, 0.717) is 0 Å². The summed E-state index contributed by atoms with van der Waals surface area (Å²) in [5, 5.41) is 0. The van der Waals surface area contributed by atoms with E-state index in [9.17, 15) is 0 Å². The second kappa shape index (κ2) is 37.0. The molecule has 2 fully saturated rings. The average Bonchev–Trinajstić information content (AvgIpc) is 3.57. The monoisotopic (exact) mass is 487 g/mol. The Hall–Kier alpha value is -1.56. The van der Waals surface area contributed by atoms with Gasteiger partial charge < -0.3 is 0 Å². The molecule has 0 unspecified atom stereocenters. The van der Waals surface area contributed by atoms with Crippen LogP contribution >= 0.6 is 0 Å². The quantitative estimate of drug-likeness (QED) is 0.396. The Morgan fingerprint density at radius 1 is 0.343 bits per heavy atom. The van der Waals surface area contributed by atoms with Crippen molar-refractivity contribution in [3.05, 3.63) is 71.8 Å². The topological polar surface area (TPSA) is 0 Å². The molecule has 0 atom stereocenters. The summed E-state index contributed by atoms with van der Waals surface area (Å²) in [5.41, 5.74) is 3.10. The highest BCUT2D eigenvalue weighted by atomic mass is 14.2. The van der Waals surface area contributed by atoms with Gasteiger partial charge in [0.2, 0.25) is 0 Å². The maximum Gasteiger partial charge on any atom is -0.0162 e. The van der Waals surface area contributed by atoms with Crippen LogP contribution < -0.4 is 0 Å².